The molecule has 0 saturated heterocycles. The van der Waals surface area contributed by atoms with Gasteiger partial charge < -0.3 is 0 Å². The number of nitro groups is 6. The van der Waals surface area contributed by atoms with Crippen LogP contribution < -0.4 is 5.01 Å². The third kappa shape index (κ3) is 3.40. The minimum atomic E-state index is -4.37. The van der Waals surface area contributed by atoms with Gasteiger partial charge in [-0.25, -0.2) is 10.1 Å². The molecule has 2 rings (SSSR count). The quantitative estimate of drug-likeness (QED) is 0.207. The van der Waals surface area contributed by atoms with E-state index in [1.165, 1.54) is 6.07 Å². The zero-order chi connectivity index (χ0) is 25.5. The molecule has 0 heterocycles. The number of para-hydroxylation sites is 1. The summed E-state index contributed by atoms with van der Waals surface area (Å²) in [6.07, 6.45) is 0. The minimum Gasteiger partial charge on any atom is -0.262 e. The second-order valence-corrected chi connectivity index (χ2v) is 6.90. The smallest absolute Gasteiger partial charge is 0.262 e. The molecule has 0 bridgehead atoms. The molecule has 0 N–H and O–H groups in total. The SMILES string of the molecule is O=[N+]([O-])C1=C([N+](=O)[O-])C(Cl)(N(c2ccccc2)[N+](=O)[O-])C(Cl)([N+](=O)[O-])C([N+](=O)[O-])=C1[N+](=O)[O-]. The van der Waals surface area contributed by atoms with Crippen LogP contribution in [-0.4, -0.2) is 39.6 Å². The van der Waals surface area contributed by atoms with Crippen LogP contribution in [0.2, 0.25) is 0 Å². The molecule has 19 nitrogen and oxygen atoms in total. The van der Waals surface area contributed by atoms with Crippen molar-refractivity contribution in [1.29, 1.82) is 0 Å². The summed E-state index contributed by atoms with van der Waals surface area (Å²) in [5, 5.41) is 68.1. The molecule has 21 heteroatoms. The van der Waals surface area contributed by atoms with E-state index in [4.69, 9.17) is 23.2 Å². The first-order valence-corrected chi connectivity index (χ1v) is 8.50. The summed E-state index contributed by atoms with van der Waals surface area (Å²) in [7, 11) is 0. The van der Waals surface area contributed by atoms with Gasteiger partial charge in [0.1, 0.15) is 5.69 Å². The van der Waals surface area contributed by atoms with Gasteiger partial charge in [0, 0.05) is 0 Å². The second-order valence-electron chi connectivity index (χ2n) is 5.81. The number of benzene rings is 1. The zero-order valence-electron chi connectivity index (χ0n) is 15.2. The normalized spacial score (nSPS) is 22.5. The monoisotopic (exact) mass is 509 g/mol. The van der Waals surface area contributed by atoms with E-state index in [1.54, 1.807) is 0 Å². The maximum Gasteiger partial charge on any atom is 0.444 e. The van der Waals surface area contributed by atoms with Gasteiger partial charge in [0.2, 0.25) is 0 Å². The van der Waals surface area contributed by atoms with Gasteiger partial charge >= 0.3 is 32.8 Å². The van der Waals surface area contributed by atoms with E-state index >= 15 is 0 Å². The second kappa shape index (κ2) is 8.20. The van der Waals surface area contributed by atoms with Crippen LogP contribution >= 0.6 is 23.2 Å². The third-order valence-corrected chi connectivity index (χ3v) is 5.48. The standard InChI is InChI=1S/C12H5Cl2N7O12/c13-11(15(21(32)33)6-4-2-1-3-5-6)9(18(26)27)7(16(22)23)8(17(24)25)10(19(28)29)12(11,14)20(30)31/h1-5H. The molecule has 0 saturated carbocycles. The Hall–Kier alpha value is -4.52. The van der Waals surface area contributed by atoms with Crippen LogP contribution in [0.4, 0.5) is 5.69 Å². The van der Waals surface area contributed by atoms with Gasteiger partial charge in [-0.1, -0.05) is 34.8 Å². The topological polar surface area (TPSA) is 262 Å². The Morgan fingerprint density at radius 3 is 1.42 bits per heavy atom. The molecule has 174 valence electrons. The maximum atomic E-state index is 11.9. The molecule has 0 amide bonds. The van der Waals surface area contributed by atoms with Crippen LogP contribution in [0.25, 0.3) is 0 Å². The van der Waals surface area contributed by atoms with E-state index in [0.29, 0.717) is 0 Å². The van der Waals surface area contributed by atoms with Gasteiger partial charge in [-0.05, 0) is 23.7 Å². The number of nitrogens with zero attached hydrogens (tertiary/aromatic N) is 7. The van der Waals surface area contributed by atoms with Crippen LogP contribution in [0.3, 0.4) is 0 Å². The van der Waals surface area contributed by atoms with Crippen LogP contribution in [0, 0.1) is 60.7 Å². The Kier molecular flexibility index (Phi) is 6.15. The fourth-order valence-electron chi connectivity index (χ4n) is 3.01. The highest BCUT2D eigenvalue weighted by atomic mass is 35.5. The lowest BCUT2D eigenvalue weighted by Crippen LogP contribution is -2.69. The lowest BCUT2D eigenvalue weighted by Gasteiger charge is -2.34. The summed E-state index contributed by atoms with van der Waals surface area (Å²) in [4.78, 5) is 52.3. The van der Waals surface area contributed by atoms with Crippen molar-refractivity contribution in [2.24, 2.45) is 0 Å². The Bertz CT molecular complexity index is 1190. The average molecular weight is 510 g/mol. The van der Waals surface area contributed by atoms with E-state index in [0.717, 1.165) is 24.3 Å². The highest BCUT2D eigenvalue weighted by molar-refractivity contribution is 6.37. The number of anilines is 1. The molecule has 1 aromatic rings. The predicted octanol–water partition coefficient (Wildman–Crippen LogP) is 1.38. The molecule has 0 aliphatic heterocycles. The van der Waals surface area contributed by atoms with E-state index in [2.05, 4.69) is 0 Å². The number of halogens is 2. The summed E-state index contributed by atoms with van der Waals surface area (Å²) in [6, 6.07) is 5.05. The van der Waals surface area contributed by atoms with Gasteiger partial charge in [0.15, 0.2) is 5.03 Å². The molecule has 1 aliphatic carbocycles. The number of alkyl halides is 2. The summed E-state index contributed by atoms with van der Waals surface area (Å²) in [6.45, 7) is 0. The van der Waals surface area contributed by atoms with E-state index < -0.39 is 73.1 Å². The Morgan fingerprint density at radius 1 is 0.667 bits per heavy atom. The fourth-order valence-corrected chi connectivity index (χ4v) is 3.82. The van der Waals surface area contributed by atoms with Gasteiger partial charge in [0.05, 0.1) is 24.6 Å². The Labute approximate surface area is 187 Å². The first-order chi connectivity index (χ1) is 15.1. The molecule has 0 fully saturated rings. The Balaban J connectivity index is 3.33. The van der Waals surface area contributed by atoms with E-state index in [1.807, 2.05) is 0 Å². The lowest BCUT2D eigenvalue weighted by atomic mass is 9.90. The third-order valence-electron chi connectivity index (χ3n) is 4.18. The summed E-state index contributed by atoms with van der Waals surface area (Å²) >= 11 is 11.8. The van der Waals surface area contributed by atoms with Crippen molar-refractivity contribution >= 4 is 28.9 Å². The van der Waals surface area contributed by atoms with Crippen molar-refractivity contribution in [3.63, 3.8) is 0 Å². The lowest BCUT2D eigenvalue weighted by molar-refractivity contribution is -0.611. The number of hydrogen-bond acceptors (Lipinski definition) is 12. The van der Waals surface area contributed by atoms with E-state index in [-0.39, 0.29) is 0 Å². The van der Waals surface area contributed by atoms with Gasteiger partial charge in [-0.15, -0.1) is 0 Å². The summed E-state index contributed by atoms with van der Waals surface area (Å²) < 4.78 is 0. The molecule has 2 atom stereocenters. The van der Waals surface area contributed by atoms with E-state index in [9.17, 15) is 60.7 Å². The van der Waals surface area contributed by atoms with Crippen molar-refractivity contribution in [3.05, 3.63) is 114 Å². The van der Waals surface area contributed by atoms with Crippen LogP contribution in [0.5, 0.6) is 0 Å². The average Bonchev–Trinajstić information content (AvgIpc) is 2.68. The number of hydrazine groups is 1. The highest BCUT2D eigenvalue weighted by Crippen LogP contribution is 2.55. The molecule has 33 heavy (non-hydrogen) atoms. The van der Waals surface area contributed by atoms with Crippen molar-refractivity contribution in [3.8, 4) is 0 Å². The first-order valence-electron chi connectivity index (χ1n) is 7.74. The number of hydrogen-bond donors (Lipinski definition) is 0. The number of rotatable bonds is 8. The summed E-state index contributed by atoms with van der Waals surface area (Å²) in [5.41, 5.74) is -10.2. The largest absolute Gasteiger partial charge is 0.444 e. The highest BCUT2D eigenvalue weighted by Gasteiger charge is 2.88. The fraction of sp³-hybridized carbons (Fsp3) is 0.167. The van der Waals surface area contributed by atoms with Gasteiger partial charge in [-0.3, -0.25) is 50.6 Å². The van der Waals surface area contributed by atoms with Crippen molar-refractivity contribution in [2.75, 3.05) is 5.01 Å². The van der Waals surface area contributed by atoms with Crippen LogP contribution in [-0.2, 0) is 0 Å². The zero-order valence-corrected chi connectivity index (χ0v) is 16.7. The molecule has 1 aromatic carbocycles. The van der Waals surface area contributed by atoms with Gasteiger partial charge in [0.25, 0.3) is 0 Å². The molecule has 2 unspecified atom stereocenters. The van der Waals surface area contributed by atoms with Crippen molar-refractivity contribution in [1.82, 2.24) is 0 Å². The maximum absolute atomic E-state index is 11.9. The van der Waals surface area contributed by atoms with Crippen molar-refractivity contribution < 1.29 is 29.6 Å². The summed E-state index contributed by atoms with van der Waals surface area (Å²) in [5.74, 6) is 0. The minimum absolute atomic E-state index is 0.591. The van der Waals surface area contributed by atoms with Gasteiger partial charge in [-0.2, -0.15) is 0 Å². The molecule has 0 aromatic heterocycles. The Morgan fingerprint density at radius 2 is 1.09 bits per heavy atom. The van der Waals surface area contributed by atoms with Crippen molar-refractivity contribution in [2.45, 2.75) is 10.00 Å². The molecule has 1 aliphatic rings. The molecule has 0 spiro atoms. The molecule has 0 radical (unpaired) electrons. The van der Waals surface area contributed by atoms with Crippen LogP contribution in [0.1, 0.15) is 0 Å². The van der Waals surface area contributed by atoms with Crippen LogP contribution in [0.15, 0.2) is 53.1 Å². The first kappa shape index (κ1) is 24.7. The molecular formula is C12H5Cl2N7O12. The molecular weight excluding hydrogens is 505 g/mol. The predicted molar refractivity (Wildman–Crippen MR) is 102 cm³/mol.